The number of benzene rings is 1. The van der Waals surface area contributed by atoms with E-state index < -0.39 is 0 Å². The van der Waals surface area contributed by atoms with Gasteiger partial charge in [0, 0.05) is 18.6 Å². The van der Waals surface area contributed by atoms with Crippen LogP contribution in [0.3, 0.4) is 0 Å². The molecule has 0 bridgehead atoms. The van der Waals surface area contributed by atoms with E-state index in [9.17, 15) is 0 Å². The molecule has 0 saturated carbocycles. The lowest BCUT2D eigenvalue weighted by atomic mass is 10.2. The van der Waals surface area contributed by atoms with Crippen LogP contribution in [0.15, 0.2) is 30.5 Å². The molecule has 0 spiro atoms. The van der Waals surface area contributed by atoms with Gasteiger partial charge < -0.3 is 10.1 Å². The van der Waals surface area contributed by atoms with Crippen LogP contribution in [0, 0.1) is 0 Å². The standard InChI is InChI=1S/C13H9Cl2N5O/c1-16-12-18-11(15)19-13(20-12)21-9-5-4-8(14)7-3-2-6-17-10(7)9/h2-6H,1H3,(H,16,18,19,20). The van der Waals surface area contributed by atoms with Crippen LogP contribution in [0.25, 0.3) is 10.9 Å². The maximum Gasteiger partial charge on any atom is 0.328 e. The van der Waals surface area contributed by atoms with E-state index in [-0.39, 0.29) is 11.3 Å². The number of anilines is 1. The molecular formula is C13H9Cl2N5O. The number of hydrogen-bond donors (Lipinski definition) is 1. The lowest BCUT2D eigenvalue weighted by molar-refractivity contribution is 0.444. The molecule has 0 radical (unpaired) electrons. The second-order valence-electron chi connectivity index (χ2n) is 4.01. The molecule has 1 N–H and O–H groups in total. The summed E-state index contributed by atoms with van der Waals surface area (Å²) in [7, 11) is 1.68. The molecule has 6 nitrogen and oxygen atoms in total. The van der Waals surface area contributed by atoms with Gasteiger partial charge in [0.25, 0.3) is 0 Å². The van der Waals surface area contributed by atoms with E-state index in [1.807, 2.05) is 6.07 Å². The number of fused-ring (bicyclic) bond motifs is 1. The molecule has 0 unspecified atom stereocenters. The van der Waals surface area contributed by atoms with Crippen LogP contribution >= 0.6 is 23.2 Å². The minimum Gasteiger partial charge on any atom is -0.422 e. The van der Waals surface area contributed by atoms with Crippen LogP contribution in [-0.2, 0) is 0 Å². The van der Waals surface area contributed by atoms with Crippen molar-refractivity contribution in [1.29, 1.82) is 0 Å². The van der Waals surface area contributed by atoms with Gasteiger partial charge in [-0.05, 0) is 35.9 Å². The molecule has 8 heteroatoms. The Hall–Kier alpha value is -2.18. The van der Waals surface area contributed by atoms with E-state index in [4.69, 9.17) is 27.9 Å². The van der Waals surface area contributed by atoms with Crippen molar-refractivity contribution in [3.05, 3.63) is 40.8 Å². The fourth-order valence-corrected chi connectivity index (χ4v) is 2.15. The molecule has 106 valence electrons. The maximum absolute atomic E-state index is 6.14. The van der Waals surface area contributed by atoms with Crippen LogP contribution in [0.1, 0.15) is 0 Å². The Balaban J connectivity index is 2.06. The molecule has 2 aromatic heterocycles. The molecule has 0 aliphatic rings. The normalized spacial score (nSPS) is 10.6. The van der Waals surface area contributed by atoms with Gasteiger partial charge in [-0.15, -0.1) is 0 Å². The van der Waals surface area contributed by atoms with Crippen molar-refractivity contribution in [2.75, 3.05) is 12.4 Å². The Morgan fingerprint density at radius 2 is 1.95 bits per heavy atom. The highest BCUT2D eigenvalue weighted by molar-refractivity contribution is 6.35. The molecule has 3 rings (SSSR count). The van der Waals surface area contributed by atoms with Crippen molar-refractivity contribution in [1.82, 2.24) is 19.9 Å². The van der Waals surface area contributed by atoms with Gasteiger partial charge >= 0.3 is 6.01 Å². The summed E-state index contributed by atoms with van der Waals surface area (Å²) < 4.78 is 5.66. The van der Waals surface area contributed by atoms with Gasteiger partial charge in [-0.2, -0.15) is 15.0 Å². The van der Waals surface area contributed by atoms with Crippen molar-refractivity contribution in [2.45, 2.75) is 0 Å². The van der Waals surface area contributed by atoms with E-state index >= 15 is 0 Å². The third-order valence-corrected chi connectivity index (χ3v) is 3.19. The monoisotopic (exact) mass is 321 g/mol. The summed E-state index contributed by atoms with van der Waals surface area (Å²) >= 11 is 12.0. The highest BCUT2D eigenvalue weighted by atomic mass is 35.5. The first kappa shape index (κ1) is 13.8. The van der Waals surface area contributed by atoms with E-state index in [0.29, 0.717) is 22.2 Å². The van der Waals surface area contributed by atoms with Crippen LogP contribution in [-0.4, -0.2) is 27.0 Å². The number of halogens is 2. The number of rotatable bonds is 3. The van der Waals surface area contributed by atoms with Gasteiger partial charge in [0.1, 0.15) is 5.52 Å². The maximum atomic E-state index is 6.14. The summed E-state index contributed by atoms with van der Waals surface area (Å²) in [6.07, 6.45) is 1.66. The first-order valence-corrected chi connectivity index (χ1v) is 6.73. The first-order valence-electron chi connectivity index (χ1n) is 5.98. The summed E-state index contributed by atoms with van der Waals surface area (Å²) in [6, 6.07) is 7.17. The van der Waals surface area contributed by atoms with Crippen molar-refractivity contribution in [2.24, 2.45) is 0 Å². The van der Waals surface area contributed by atoms with Crippen LogP contribution < -0.4 is 10.1 Å². The summed E-state index contributed by atoms with van der Waals surface area (Å²) in [6.45, 7) is 0. The fraction of sp³-hybridized carbons (Fsp3) is 0.0769. The van der Waals surface area contributed by atoms with Gasteiger partial charge in [0.2, 0.25) is 11.2 Å². The predicted octanol–water partition coefficient (Wildman–Crippen LogP) is 3.56. The lowest BCUT2D eigenvalue weighted by Gasteiger charge is -2.08. The average molecular weight is 322 g/mol. The molecule has 0 atom stereocenters. The number of pyridine rings is 1. The Kier molecular flexibility index (Phi) is 3.72. The second kappa shape index (κ2) is 5.67. The summed E-state index contributed by atoms with van der Waals surface area (Å²) in [5, 5.41) is 4.19. The highest BCUT2D eigenvalue weighted by Gasteiger charge is 2.11. The molecule has 2 heterocycles. The first-order chi connectivity index (χ1) is 10.2. The molecule has 0 aliphatic heterocycles. The van der Waals surface area contributed by atoms with Crippen molar-refractivity contribution in [3.63, 3.8) is 0 Å². The Bertz CT molecular complexity index is 812. The minimum atomic E-state index is 0.0376. The van der Waals surface area contributed by atoms with Crippen LogP contribution in [0.5, 0.6) is 11.8 Å². The van der Waals surface area contributed by atoms with Crippen molar-refractivity contribution in [3.8, 4) is 11.8 Å². The number of nitrogens with one attached hydrogen (secondary N) is 1. The van der Waals surface area contributed by atoms with E-state index in [0.717, 1.165) is 5.39 Å². The Morgan fingerprint density at radius 3 is 2.76 bits per heavy atom. The van der Waals surface area contributed by atoms with Gasteiger partial charge in [0.05, 0.1) is 5.02 Å². The molecule has 0 saturated heterocycles. The van der Waals surface area contributed by atoms with E-state index in [1.54, 1.807) is 31.4 Å². The SMILES string of the molecule is CNc1nc(Cl)nc(Oc2ccc(Cl)c3cccnc23)n1. The third-order valence-electron chi connectivity index (χ3n) is 2.69. The Labute approximate surface area is 130 Å². The molecular weight excluding hydrogens is 313 g/mol. The second-order valence-corrected chi connectivity index (χ2v) is 4.75. The molecule has 0 aliphatic carbocycles. The summed E-state index contributed by atoms with van der Waals surface area (Å²) in [5.74, 6) is 0.801. The third kappa shape index (κ3) is 2.81. The van der Waals surface area contributed by atoms with Gasteiger partial charge in [-0.1, -0.05) is 11.6 Å². The quantitative estimate of drug-likeness (QED) is 0.795. The minimum absolute atomic E-state index is 0.0376. The number of ether oxygens (including phenoxy) is 1. The Morgan fingerprint density at radius 1 is 1.10 bits per heavy atom. The van der Waals surface area contributed by atoms with E-state index in [1.165, 1.54) is 0 Å². The van der Waals surface area contributed by atoms with Gasteiger partial charge in [-0.3, -0.25) is 4.98 Å². The van der Waals surface area contributed by atoms with Crippen molar-refractivity contribution < 1.29 is 4.74 Å². The highest BCUT2D eigenvalue weighted by Crippen LogP contribution is 2.31. The zero-order valence-electron chi connectivity index (χ0n) is 10.8. The smallest absolute Gasteiger partial charge is 0.328 e. The van der Waals surface area contributed by atoms with E-state index in [2.05, 4.69) is 25.3 Å². The predicted molar refractivity (Wildman–Crippen MR) is 81.2 cm³/mol. The topological polar surface area (TPSA) is 72.8 Å². The number of aromatic nitrogens is 4. The summed E-state index contributed by atoms with van der Waals surface area (Å²) in [4.78, 5) is 16.2. The summed E-state index contributed by atoms with van der Waals surface area (Å²) in [5.41, 5.74) is 0.618. The van der Waals surface area contributed by atoms with Gasteiger partial charge in [0.15, 0.2) is 5.75 Å². The number of hydrogen-bond acceptors (Lipinski definition) is 6. The average Bonchev–Trinajstić information content (AvgIpc) is 2.50. The molecule has 3 aromatic rings. The number of nitrogens with zero attached hydrogens (tertiary/aromatic N) is 4. The molecule has 0 fully saturated rings. The van der Waals surface area contributed by atoms with Crippen molar-refractivity contribution >= 4 is 40.1 Å². The van der Waals surface area contributed by atoms with Crippen LogP contribution in [0.4, 0.5) is 5.95 Å². The van der Waals surface area contributed by atoms with Gasteiger partial charge in [-0.25, -0.2) is 0 Å². The lowest BCUT2D eigenvalue weighted by Crippen LogP contribution is -2.01. The molecule has 0 amide bonds. The van der Waals surface area contributed by atoms with Crippen LogP contribution in [0.2, 0.25) is 10.3 Å². The fourth-order valence-electron chi connectivity index (χ4n) is 1.78. The largest absolute Gasteiger partial charge is 0.422 e. The zero-order chi connectivity index (χ0) is 14.8. The molecule has 1 aromatic carbocycles. The zero-order valence-corrected chi connectivity index (χ0v) is 12.4. The molecule has 21 heavy (non-hydrogen) atoms.